The molecule has 6 rings (SSSR count). The minimum atomic E-state index is -0.724. The molecule has 0 saturated heterocycles. The van der Waals surface area contributed by atoms with Crippen LogP contribution >= 0.6 is 0 Å². The van der Waals surface area contributed by atoms with Gasteiger partial charge in [-0.1, -0.05) is 115 Å². The highest BCUT2D eigenvalue weighted by Gasteiger charge is 2.20. The largest absolute Gasteiger partial charge is 0.384 e. The van der Waals surface area contributed by atoms with E-state index in [4.69, 9.17) is 0 Å². The number of hydrogen-bond acceptors (Lipinski definition) is 1. The normalized spacial score (nSPS) is 12.3. The van der Waals surface area contributed by atoms with E-state index < -0.39 is 6.10 Å². The number of nitrogens with zero attached hydrogens (tertiary/aromatic N) is 1. The lowest BCUT2D eigenvalue weighted by Crippen LogP contribution is -2.02. The van der Waals surface area contributed by atoms with Gasteiger partial charge >= 0.3 is 0 Å². The summed E-state index contributed by atoms with van der Waals surface area (Å²) in [4.78, 5) is 0. The van der Waals surface area contributed by atoms with Crippen LogP contribution in [0.2, 0.25) is 0 Å². The highest BCUT2D eigenvalue weighted by Crippen LogP contribution is 2.38. The number of benzene rings is 5. The molecule has 34 heavy (non-hydrogen) atoms. The predicted molar refractivity (Wildman–Crippen MR) is 141 cm³/mol. The summed E-state index contributed by atoms with van der Waals surface area (Å²) in [6.45, 7) is 0.801. The molecule has 0 amide bonds. The van der Waals surface area contributed by atoms with Gasteiger partial charge in [-0.2, -0.15) is 0 Å². The van der Waals surface area contributed by atoms with Gasteiger partial charge in [-0.15, -0.1) is 0 Å². The van der Waals surface area contributed by atoms with Crippen LogP contribution in [-0.4, -0.2) is 9.67 Å². The van der Waals surface area contributed by atoms with Crippen LogP contribution in [0.15, 0.2) is 128 Å². The fraction of sp³-hybridized carbons (Fsp3) is 0.0625. The zero-order chi connectivity index (χ0) is 22.9. The molecule has 0 saturated carbocycles. The SMILES string of the molecule is OC(c1ccccc1-c1cn(Cc2ccccc2)c2ccccc12)c1cccc2ccccc12. The van der Waals surface area contributed by atoms with E-state index in [-0.39, 0.29) is 0 Å². The van der Waals surface area contributed by atoms with E-state index in [1.807, 2.05) is 42.5 Å². The summed E-state index contributed by atoms with van der Waals surface area (Å²) < 4.78 is 2.31. The van der Waals surface area contributed by atoms with Crippen LogP contribution in [0.25, 0.3) is 32.8 Å². The van der Waals surface area contributed by atoms with Crippen molar-refractivity contribution in [2.24, 2.45) is 0 Å². The number of fused-ring (bicyclic) bond motifs is 2. The van der Waals surface area contributed by atoms with E-state index in [1.165, 1.54) is 16.5 Å². The average molecular weight is 440 g/mol. The Morgan fingerprint density at radius 2 is 1.21 bits per heavy atom. The molecule has 0 radical (unpaired) electrons. The van der Waals surface area contributed by atoms with Gasteiger partial charge in [0.1, 0.15) is 6.10 Å². The summed E-state index contributed by atoms with van der Waals surface area (Å²) in [5, 5.41) is 15.0. The van der Waals surface area contributed by atoms with Crippen molar-refractivity contribution in [1.82, 2.24) is 4.57 Å². The number of para-hydroxylation sites is 1. The number of aliphatic hydroxyl groups excluding tert-OH is 1. The Kier molecular flexibility index (Phi) is 5.21. The van der Waals surface area contributed by atoms with E-state index in [9.17, 15) is 5.11 Å². The average Bonchev–Trinajstić information content (AvgIpc) is 3.27. The van der Waals surface area contributed by atoms with E-state index in [2.05, 4.69) is 89.6 Å². The molecule has 2 nitrogen and oxygen atoms in total. The molecule has 5 aromatic carbocycles. The molecule has 0 aliphatic rings. The topological polar surface area (TPSA) is 25.2 Å². The van der Waals surface area contributed by atoms with Gasteiger partial charge in [0.25, 0.3) is 0 Å². The van der Waals surface area contributed by atoms with Crippen molar-refractivity contribution in [3.63, 3.8) is 0 Å². The minimum Gasteiger partial charge on any atom is -0.384 e. The van der Waals surface area contributed by atoms with Gasteiger partial charge in [-0.3, -0.25) is 0 Å². The molecule has 1 atom stereocenters. The first kappa shape index (κ1) is 20.5. The number of rotatable bonds is 5. The third-order valence-corrected chi connectivity index (χ3v) is 6.65. The van der Waals surface area contributed by atoms with Crippen LogP contribution in [0.4, 0.5) is 0 Å². The molecule has 0 bridgehead atoms. The molecule has 0 aliphatic heterocycles. The van der Waals surface area contributed by atoms with E-state index in [1.54, 1.807) is 0 Å². The molecule has 1 unspecified atom stereocenters. The van der Waals surface area contributed by atoms with Gasteiger partial charge < -0.3 is 9.67 Å². The summed E-state index contributed by atoms with van der Waals surface area (Å²) >= 11 is 0. The van der Waals surface area contributed by atoms with E-state index >= 15 is 0 Å². The zero-order valence-electron chi connectivity index (χ0n) is 18.8. The molecule has 0 spiro atoms. The lowest BCUT2D eigenvalue weighted by molar-refractivity contribution is 0.222. The fourth-order valence-corrected chi connectivity index (χ4v) is 5.01. The first-order valence-electron chi connectivity index (χ1n) is 11.7. The molecule has 1 N–H and O–H groups in total. The molecular weight excluding hydrogens is 414 g/mol. The molecule has 1 heterocycles. The van der Waals surface area contributed by atoms with Crippen LogP contribution in [0.5, 0.6) is 0 Å². The maximum Gasteiger partial charge on any atom is 0.105 e. The lowest BCUT2D eigenvalue weighted by Gasteiger charge is -2.18. The van der Waals surface area contributed by atoms with Crippen molar-refractivity contribution in [2.45, 2.75) is 12.6 Å². The Balaban J connectivity index is 1.50. The monoisotopic (exact) mass is 439 g/mol. The Hall–Kier alpha value is -4.14. The standard InChI is InChI=1S/C32H25NO/c34-32(28-19-10-14-24-13-4-5-15-25(24)28)29-18-7-6-16-26(29)30-22-33(21-23-11-2-1-3-12-23)31-20-9-8-17-27(30)31/h1-20,22,32,34H,21H2. The summed E-state index contributed by atoms with van der Waals surface area (Å²) in [5.74, 6) is 0. The fourth-order valence-electron chi connectivity index (χ4n) is 5.01. The van der Waals surface area contributed by atoms with Gasteiger partial charge in [0.2, 0.25) is 0 Å². The quantitative estimate of drug-likeness (QED) is 0.294. The zero-order valence-corrected chi connectivity index (χ0v) is 18.8. The molecule has 6 aromatic rings. The van der Waals surface area contributed by atoms with Crippen molar-refractivity contribution in [3.05, 3.63) is 144 Å². The Labute approximate surface area is 199 Å². The molecule has 1 aromatic heterocycles. The second-order valence-electron chi connectivity index (χ2n) is 8.73. The molecule has 0 fully saturated rings. The van der Waals surface area contributed by atoms with Crippen molar-refractivity contribution in [3.8, 4) is 11.1 Å². The number of hydrogen-bond donors (Lipinski definition) is 1. The first-order chi connectivity index (χ1) is 16.8. The predicted octanol–water partition coefficient (Wildman–Crippen LogP) is 7.59. The van der Waals surface area contributed by atoms with Gasteiger partial charge in [0.05, 0.1) is 0 Å². The highest BCUT2D eigenvalue weighted by molar-refractivity contribution is 5.97. The highest BCUT2D eigenvalue weighted by atomic mass is 16.3. The van der Waals surface area contributed by atoms with E-state index in [0.29, 0.717) is 0 Å². The van der Waals surface area contributed by atoms with Crippen molar-refractivity contribution in [2.75, 3.05) is 0 Å². The smallest absolute Gasteiger partial charge is 0.105 e. The second-order valence-corrected chi connectivity index (χ2v) is 8.73. The Bertz CT molecular complexity index is 1590. The number of aliphatic hydroxyl groups is 1. The summed E-state index contributed by atoms with van der Waals surface area (Å²) in [6.07, 6.45) is 1.50. The molecule has 2 heteroatoms. The molecule has 164 valence electrons. The van der Waals surface area contributed by atoms with Crippen LogP contribution in [0.1, 0.15) is 22.8 Å². The maximum absolute atomic E-state index is 11.6. The van der Waals surface area contributed by atoms with Gasteiger partial charge in [0, 0.05) is 29.2 Å². The third kappa shape index (κ3) is 3.59. The first-order valence-corrected chi connectivity index (χ1v) is 11.7. The molecule has 0 aliphatic carbocycles. The van der Waals surface area contributed by atoms with Gasteiger partial charge in [-0.25, -0.2) is 0 Å². The lowest BCUT2D eigenvalue weighted by atomic mass is 9.90. The Morgan fingerprint density at radius 3 is 2.09 bits per heavy atom. The minimum absolute atomic E-state index is 0.724. The van der Waals surface area contributed by atoms with Crippen LogP contribution < -0.4 is 0 Å². The van der Waals surface area contributed by atoms with Crippen LogP contribution in [0.3, 0.4) is 0 Å². The Morgan fingerprint density at radius 1 is 0.559 bits per heavy atom. The number of aromatic nitrogens is 1. The summed E-state index contributed by atoms with van der Waals surface area (Å²) in [6, 6.07) is 41.7. The van der Waals surface area contributed by atoms with Crippen LogP contribution in [-0.2, 0) is 6.54 Å². The van der Waals surface area contributed by atoms with Gasteiger partial charge in [-0.05, 0) is 39.1 Å². The molecular formula is C32H25NO. The maximum atomic E-state index is 11.6. The van der Waals surface area contributed by atoms with Crippen molar-refractivity contribution >= 4 is 21.7 Å². The van der Waals surface area contributed by atoms with Gasteiger partial charge in [0.15, 0.2) is 0 Å². The van der Waals surface area contributed by atoms with Crippen LogP contribution in [0, 0.1) is 0 Å². The second kappa shape index (κ2) is 8.66. The van der Waals surface area contributed by atoms with E-state index in [0.717, 1.165) is 39.6 Å². The summed E-state index contributed by atoms with van der Waals surface area (Å²) in [7, 11) is 0. The summed E-state index contributed by atoms with van der Waals surface area (Å²) in [5.41, 5.74) is 6.50. The van der Waals surface area contributed by atoms with Crippen molar-refractivity contribution in [1.29, 1.82) is 0 Å². The third-order valence-electron chi connectivity index (χ3n) is 6.65. The van der Waals surface area contributed by atoms with Crippen molar-refractivity contribution < 1.29 is 5.11 Å².